The number of aromatic nitrogens is 2. The fourth-order valence-corrected chi connectivity index (χ4v) is 3.07. The third kappa shape index (κ3) is 2.94. The van der Waals surface area contributed by atoms with Gasteiger partial charge in [-0.05, 0) is 49.6 Å². The zero-order valence-electron chi connectivity index (χ0n) is 13.9. The Morgan fingerprint density at radius 1 is 1.16 bits per heavy atom. The Kier molecular flexibility index (Phi) is 3.86. The Hall–Kier alpha value is -2.92. The second-order valence-electron chi connectivity index (χ2n) is 6.21. The summed E-state index contributed by atoms with van der Waals surface area (Å²) in [6, 6.07) is 11.5. The second kappa shape index (κ2) is 6.18. The van der Waals surface area contributed by atoms with Crippen molar-refractivity contribution in [3.05, 3.63) is 70.5 Å². The van der Waals surface area contributed by atoms with Crippen molar-refractivity contribution < 1.29 is 9.52 Å². The molecule has 25 heavy (non-hydrogen) atoms. The van der Waals surface area contributed by atoms with E-state index in [1.54, 1.807) is 0 Å². The molecule has 0 saturated carbocycles. The van der Waals surface area contributed by atoms with E-state index in [0.717, 1.165) is 34.3 Å². The lowest BCUT2D eigenvalue weighted by Gasteiger charge is -2.05. The predicted octanol–water partition coefficient (Wildman–Crippen LogP) is 3.34. The van der Waals surface area contributed by atoms with Gasteiger partial charge in [-0.15, -0.1) is 0 Å². The summed E-state index contributed by atoms with van der Waals surface area (Å²) in [5.74, 6) is 0. The molecule has 0 amide bonds. The highest BCUT2D eigenvalue weighted by molar-refractivity contribution is 5.82. The Balaban J connectivity index is 1.80. The van der Waals surface area contributed by atoms with Gasteiger partial charge >= 0.3 is 5.63 Å². The van der Waals surface area contributed by atoms with Gasteiger partial charge in [0.25, 0.3) is 0 Å². The highest BCUT2D eigenvalue weighted by Gasteiger charge is 2.10. The molecule has 3 aromatic heterocycles. The maximum absolute atomic E-state index is 12.5. The van der Waals surface area contributed by atoms with Gasteiger partial charge in [0.05, 0.1) is 11.3 Å². The smallest absolute Gasteiger partial charge is 0.344 e. The van der Waals surface area contributed by atoms with E-state index in [9.17, 15) is 4.79 Å². The summed E-state index contributed by atoms with van der Waals surface area (Å²) in [4.78, 5) is 16.9. The van der Waals surface area contributed by atoms with E-state index in [2.05, 4.69) is 4.98 Å². The normalized spacial score (nSPS) is 11.4. The highest BCUT2D eigenvalue weighted by atomic mass is 16.4. The lowest BCUT2D eigenvalue weighted by atomic mass is 10.0. The molecule has 5 nitrogen and oxygen atoms in total. The molecule has 126 valence electrons. The summed E-state index contributed by atoms with van der Waals surface area (Å²) in [5.41, 5.74) is 4.37. The Bertz CT molecular complexity index is 1120. The lowest BCUT2D eigenvalue weighted by molar-refractivity contribution is 0.288. The van der Waals surface area contributed by atoms with Gasteiger partial charge in [-0.25, -0.2) is 9.78 Å². The maximum atomic E-state index is 12.5. The number of aliphatic hydroxyl groups is 1. The molecule has 0 radical (unpaired) electrons. The van der Waals surface area contributed by atoms with Gasteiger partial charge in [0, 0.05) is 30.0 Å². The molecule has 0 spiro atoms. The summed E-state index contributed by atoms with van der Waals surface area (Å²) < 4.78 is 7.45. The van der Waals surface area contributed by atoms with E-state index in [0.29, 0.717) is 17.6 Å². The number of imidazole rings is 1. The molecule has 0 fully saturated rings. The van der Waals surface area contributed by atoms with Crippen LogP contribution in [0.1, 0.15) is 17.7 Å². The van der Waals surface area contributed by atoms with Crippen LogP contribution in [0.4, 0.5) is 0 Å². The van der Waals surface area contributed by atoms with Gasteiger partial charge in [0.1, 0.15) is 11.2 Å². The van der Waals surface area contributed by atoms with Gasteiger partial charge in [-0.1, -0.05) is 12.1 Å². The first-order valence-electron chi connectivity index (χ1n) is 8.27. The van der Waals surface area contributed by atoms with Crippen LogP contribution in [0.25, 0.3) is 27.7 Å². The van der Waals surface area contributed by atoms with Crippen molar-refractivity contribution in [3.8, 4) is 11.1 Å². The Morgan fingerprint density at radius 2 is 2.04 bits per heavy atom. The topological polar surface area (TPSA) is 67.7 Å². The van der Waals surface area contributed by atoms with Crippen molar-refractivity contribution in [1.29, 1.82) is 0 Å². The molecule has 0 aliphatic rings. The van der Waals surface area contributed by atoms with E-state index in [1.165, 1.54) is 0 Å². The van der Waals surface area contributed by atoms with Gasteiger partial charge in [-0.3, -0.25) is 0 Å². The summed E-state index contributed by atoms with van der Waals surface area (Å²) in [5, 5.41) is 9.82. The summed E-state index contributed by atoms with van der Waals surface area (Å²) in [6.45, 7) is 2.09. The van der Waals surface area contributed by atoms with Crippen molar-refractivity contribution >= 4 is 16.6 Å². The highest BCUT2D eigenvalue weighted by Crippen LogP contribution is 2.23. The van der Waals surface area contributed by atoms with Crippen LogP contribution in [0.15, 0.2) is 58.0 Å². The molecule has 0 aliphatic carbocycles. The standard InChI is InChI=1S/C20H18N2O3/c1-13-11-22-12-16(6-7-19(22)21-13)17-10-15-5-4-14(3-2-8-23)9-18(15)25-20(17)24/h4-7,9-12,23H,2-3,8H2,1H3. The number of aliphatic hydroxyl groups excluding tert-OH is 1. The van der Waals surface area contributed by atoms with E-state index < -0.39 is 0 Å². The molecule has 0 aliphatic heterocycles. The molecule has 3 heterocycles. The number of hydrogen-bond acceptors (Lipinski definition) is 4. The van der Waals surface area contributed by atoms with Crippen LogP contribution in [0.3, 0.4) is 0 Å². The van der Waals surface area contributed by atoms with Crippen molar-refractivity contribution in [2.45, 2.75) is 19.8 Å². The third-order valence-electron chi connectivity index (χ3n) is 4.31. The van der Waals surface area contributed by atoms with E-state index >= 15 is 0 Å². The first kappa shape index (κ1) is 15.6. The zero-order chi connectivity index (χ0) is 17.4. The minimum absolute atomic E-state index is 0.150. The molecule has 5 heteroatoms. The fraction of sp³-hybridized carbons (Fsp3) is 0.200. The minimum atomic E-state index is -0.358. The van der Waals surface area contributed by atoms with Crippen molar-refractivity contribution in [2.24, 2.45) is 0 Å². The number of benzene rings is 1. The third-order valence-corrected chi connectivity index (χ3v) is 4.31. The average molecular weight is 334 g/mol. The monoisotopic (exact) mass is 334 g/mol. The molecule has 0 saturated heterocycles. The van der Waals surface area contributed by atoms with Gasteiger partial charge in [-0.2, -0.15) is 0 Å². The van der Waals surface area contributed by atoms with Crippen molar-refractivity contribution in [3.63, 3.8) is 0 Å². The number of aryl methyl sites for hydroxylation is 2. The van der Waals surface area contributed by atoms with Crippen LogP contribution in [0, 0.1) is 6.92 Å². The largest absolute Gasteiger partial charge is 0.422 e. The van der Waals surface area contributed by atoms with E-state index in [4.69, 9.17) is 9.52 Å². The SMILES string of the molecule is Cc1cn2cc(-c3cc4ccc(CCCO)cc4oc3=O)ccc2n1. The molecular formula is C20H18N2O3. The lowest BCUT2D eigenvalue weighted by Crippen LogP contribution is -2.03. The van der Waals surface area contributed by atoms with Gasteiger partial charge in [0.2, 0.25) is 0 Å². The number of fused-ring (bicyclic) bond motifs is 2. The van der Waals surface area contributed by atoms with Crippen LogP contribution < -0.4 is 5.63 Å². The molecular weight excluding hydrogens is 316 g/mol. The summed E-state index contributed by atoms with van der Waals surface area (Å²) in [6.07, 6.45) is 5.27. The minimum Gasteiger partial charge on any atom is -0.422 e. The second-order valence-corrected chi connectivity index (χ2v) is 6.21. The van der Waals surface area contributed by atoms with Crippen LogP contribution in [-0.2, 0) is 6.42 Å². The first-order valence-corrected chi connectivity index (χ1v) is 8.27. The number of pyridine rings is 1. The zero-order valence-corrected chi connectivity index (χ0v) is 13.9. The molecule has 4 aromatic rings. The van der Waals surface area contributed by atoms with Crippen LogP contribution in [0.2, 0.25) is 0 Å². The van der Waals surface area contributed by atoms with E-state index in [-0.39, 0.29) is 12.2 Å². The molecule has 0 bridgehead atoms. The molecule has 1 aromatic carbocycles. The first-order chi connectivity index (χ1) is 12.1. The van der Waals surface area contributed by atoms with Crippen LogP contribution >= 0.6 is 0 Å². The van der Waals surface area contributed by atoms with Crippen molar-refractivity contribution in [1.82, 2.24) is 9.38 Å². The Morgan fingerprint density at radius 3 is 2.88 bits per heavy atom. The van der Waals surface area contributed by atoms with Gasteiger partial charge in [0.15, 0.2) is 0 Å². The number of rotatable bonds is 4. The fourth-order valence-electron chi connectivity index (χ4n) is 3.07. The summed E-state index contributed by atoms with van der Waals surface area (Å²) >= 11 is 0. The van der Waals surface area contributed by atoms with Gasteiger partial charge < -0.3 is 13.9 Å². The quantitative estimate of drug-likeness (QED) is 0.581. The van der Waals surface area contributed by atoms with E-state index in [1.807, 2.05) is 60.1 Å². The van der Waals surface area contributed by atoms with Crippen LogP contribution in [-0.4, -0.2) is 21.1 Å². The predicted molar refractivity (Wildman–Crippen MR) is 96.8 cm³/mol. The number of nitrogens with zero attached hydrogens (tertiary/aromatic N) is 2. The summed E-state index contributed by atoms with van der Waals surface area (Å²) in [7, 11) is 0. The molecule has 0 atom stereocenters. The maximum Gasteiger partial charge on any atom is 0.344 e. The number of hydrogen-bond donors (Lipinski definition) is 1. The molecule has 1 N–H and O–H groups in total. The van der Waals surface area contributed by atoms with Crippen molar-refractivity contribution in [2.75, 3.05) is 6.61 Å². The Labute approximate surface area is 144 Å². The molecule has 0 unspecified atom stereocenters. The average Bonchev–Trinajstić information content (AvgIpc) is 2.98. The van der Waals surface area contributed by atoms with Crippen LogP contribution in [0.5, 0.6) is 0 Å². The molecule has 4 rings (SSSR count).